The molecule has 0 saturated heterocycles. The van der Waals surface area contributed by atoms with Crippen molar-refractivity contribution in [3.8, 4) is 5.88 Å². The Labute approximate surface area is 121 Å². The number of halogens is 1. The number of ether oxygens (including phenoxy) is 1. The molecule has 0 saturated carbocycles. The number of carbonyl (C=O) groups is 1. The van der Waals surface area contributed by atoms with Gasteiger partial charge in [-0.05, 0) is 18.2 Å². The van der Waals surface area contributed by atoms with Crippen LogP contribution in [-0.4, -0.2) is 24.5 Å². The summed E-state index contributed by atoms with van der Waals surface area (Å²) in [5.41, 5.74) is 1.33. The number of methoxy groups -OCH3 is 1. The molecule has 0 unspecified atom stereocenters. The molecule has 0 aliphatic carbocycles. The molecular weight excluding hydrogens is 278 g/mol. The minimum absolute atomic E-state index is 0.124. The van der Waals surface area contributed by atoms with E-state index in [1.54, 1.807) is 43.6 Å². The van der Waals surface area contributed by atoms with E-state index in [1.165, 1.54) is 0 Å². The van der Waals surface area contributed by atoms with E-state index in [1.807, 2.05) is 6.07 Å². The van der Waals surface area contributed by atoms with Gasteiger partial charge in [0.05, 0.1) is 36.2 Å². The van der Waals surface area contributed by atoms with Crippen molar-refractivity contribution in [2.75, 3.05) is 24.3 Å². The topological polar surface area (TPSA) is 63.2 Å². The predicted octanol–water partition coefficient (Wildman–Crippen LogP) is 2.79. The van der Waals surface area contributed by atoms with Gasteiger partial charge in [-0.2, -0.15) is 0 Å². The molecule has 104 valence electrons. The van der Waals surface area contributed by atoms with Crippen molar-refractivity contribution in [3.05, 3.63) is 47.6 Å². The summed E-state index contributed by atoms with van der Waals surface area (Å²) in [6, 6.07) is 10.6. The van der Waals surface area contributed by atoms with Gasteiger partial charge in [-0.15, -0.1) is 0 Å². The number of carbonyl (C=O) groups excluding carboxylic acids is 1. The van der Waals surface area contributed by atoms with Gasteiger partial charge >= 0.3 is 0 Å². The summed E-state index contributed by atoms with van der Waals surface area (Å²) in [6.07, 6.45) is 1.60. The van der Waals surface area contributed by atoms with Crippen molar-refractivity contribution < 1.29 is 9.53 Å². The highest BCUT2D eigenvalue weighted by Crippen LogP contribution is 2.20. The van der Waals surface area contributed by atoms with Crippen molar-refractivity contribution in [2.45, 2.75) is 0 Å². The van der Waals surface area contributed by atoms with Gasteiger partial charge in [0.25, 0.3) is 0 Å². The Morgan fingerprint density at radius 1 is 1.30 bits per heavy atom. The Kier molecular flexibility index (Phi) is 4.79. The number of aromatic nitrogens is 1. The van der Waals surface area contributed by atoms with Crippen LogP contribution in [0, 0.1) is 0 Å². The molecule has 0 bridgehead atoms. The molecule has 2 N–H and O–H groups in total. The molecule has 0 aliphatic rings. The number of anilines is 2. The summed E-state index contributed by atoms with van der Waals surface area (Å²) < 4.78 is 4.95. The Bertz CT molecular complexity index is 587. The number of amides is 1. The first kappa shape index (κ1) is 14.1. The number of para-hydroxylation sites is 1. The normalized spacial score (nSPS) is 9.90. The van der Waals surface area contributed by atoms with Crippen LogP contribution in [0.4, 0.5) is 11.4 Å². The lowest BCUT2D eigenvalue weighted by atomic mass is 10.3. The average molecular weight is 292 g/mol. The standard InChI is InChI=1S/C14H14ClN3O2/c1-20-14-7-6-10(8-17-14)16-9-13(19)18-12-5-3-2-4-11(12)15/h2-8,16H,9H2,1H3,(H,18,19). The molecule has 1 aromatic carbocycles. The number of nitrogens with one attached hydrogen (secondary N) is 2. The number of pyridine rings is 1. The van der Waals surface area contributed by atoms with Crippen LogP contribution in [0.1, 0.15) is 0 Å². The lowest BCUT2D eigenvalue weighted by molar-refractivity contribution is -0.114. The van der Waals surface area contributed by atoms with Gasteiger partial charge in [0.2, 0.25) is 11.8 Å². The molecule has 1 heterocycles. The number of hydrogen-bond donors (Lipinski definition) is 2. The zero-order valence-corrected chi connectivity index (χ0v) is 11.6. The molecule has 0 radical (unpaired) electrons. The van der Waals surface area contributed by atoms with Gasteiger partial charge in [-0.1, -0.05) is 23.7 Å². The molecule has 0 atom stereocenters. The first-order valence-electron chi connectivity index (χ1n) is 5.97. The second-order valence-corrected chi connectivity index (χ2v) is 4.38. The van der Waals surface area contributed by atoms with Gasteiger partial charge in [-0.25, -0.2) is 4.98 Å². The molecule has 1 amide bonds. The number of hydrogen-bond acceptors (Lipinski definition) is 4. The minimum Gasteiger partial charge on any atom is -0.481 e. The van der Waals surface area contributed by atoms with E-state index < -0.39 is 0 Å². The number of benzene rings is 1. The van der Waals surface area contributed by atoms with Gasteiger partial charge in [0, 0.05) is 6.07 Å². The van der Waals surface area contributed by atoms with Crippen LogP contribution >= 0.6 is 11.6 Å². The van der Waals surface area contributed by atoms with Crippen LogP contribution < -0.4 is 15.4 Å². The third-order valence-electron chi connectivity index (χ3n) is 2.55. The van der Waals surface area contributed by atoms with E-state index in [0.29, 0.717) is 16.6 Å². The monoisotopic (exact) mass is 291 g/mol. The van der Waals surface area contributed by atoms with Crippen LogP contribution in [0.5, 0.6) is 5.88 Å². The van der Waals surface area contributed by atoms with Crippen molar-refractivity contribution in [2.24, 2.45) is 0 Å². The minimum atomic E-state index is -0.186. The van der Waals surface area contributed by atoms with Crippen LogP contribution in [0.15, 0.2) is 42.6 Å². The zero-order valence-electron chi connectivity index (χ0n) is 10.9. The molecule has 0 fully saturated rings. The Morgan fingerprint density at radius 3 is 2.75 bits per heavy atom. The van der Waals surface area contributed by atoms with E-state index in [2.05, 4.69) is 15.6 Å². The van der Waals surface area contributed by atoms with E-state index in [0.717, 1.165) is 5.69 Å². The van der Waals surface area contributed by atoms with Crippen molar-refractivity contribution in [1.82, 2.24) is 4.98 Å². The summed E-state index contributed by atoms with van der Waals surface area (Å²) in [5, 5.41) is 6.19. The maximum Gasteiger partial charge on any atom is 0.243 e. The Morgan fingerprint density at radius 2 is 2.10 bits per heavy atom. The molecular formula is C14H14ClN3O2. The molecule has 0 spiro atoms. The van der Waals surface area contributed by atoms with Crippen LogP contribution in [0.3, 0.4) is 0 Å². The molecule has 2 rings (SSSR count). The molecule has 0 aliphatic heterocycles. The molecule has 20 heavy (non-hydrogen) atoms. The predicted molar refractivity (Wildman–Crippen MR) is 79.4 cm³/mol. The van der Waals surface area contributed by atoms with Gasteiger partial charge in [0.1, 0.15) is 0 Å². The second-order valence-electron chi connectivity index (χ2n) is 3.97. The third kappa shape index (κ3) is 3.86. The van der Waals surface area contributed by atoms with E-state index in [-0.39, 0.29) is 12.5 Å². The van der Waals surface area contributed by atoms with Crippen molar-refractivity contribution >= 4 is 28.9 Å². The first-order chi connectivity index (χ1) is 9.69. The van der Waals surface area contributed by atoms with Gasteiger partial charge in [0.15, 0.2) is 0 Å². The highest BCUT2D eigenvalue weighted by Gasteiger charge is 2.05. The van der Waals surface area contributed by atoms with E-state index in [9.17, 15) is 4.79 Å². The second kappa shape index (κ2) is 6.77. The Hall–Kier alpha value is -2.27. The third-order valence-corrected chi connectivity index (χ3v) is 2.88. The fourth-order valence-corrected chi connectivity index (χ4v) is 1.73. The Balaban J connectivity index is 1.87. The quantitative estimate of drug-likeness (QED) is 0.889. The van der Waals surface area contributed by atoms with Crippen molar-refractivity contribution in [1.29, 1.82) is 0 Å². The van der Waals surface area contributed by atoms with E-state index in [4.69, 9.17) is 16.3 Å². The fourth-order valence-electron chi connectivity index (χ4n) is 1.54. The maximum absolute atomic E-state index is 11.8. The lowest BCUT2D eigenvalue weighted by Gasteiger charge is -2.09. The lowest BCUT2D eigenvalue weighted by Crippen LogP contribution is -2.21. The summed E-state index contributed by atoms with van der Waals surface area (Å²) in [4.78, 5) is 15.8. The number of nitrogens with zero attached hydrogens (tertiary/aromatic N) is 1. The van der Waals surface area contributed by atoms with Crippen molar-refractivity contribution in [3.63, 3.8) is 0 Å². The molecule has 6 heteroatoms. The van der Waals surface area contributed by atoms with Crippen LogP contribution in [-0.2, 0) is 4.79 Å². The fraction of sp³-hybridized carbons (Fsp3) is 0.143. The summed E-state index contributed by atoms with van der Waals surface area (Å²) >= 11 is 5.96. The SMILES string of the molecule is COc1ccc(NCC(=O)Nc2ccccc2Cl)cn1. The average Bonchev–Trinajstić information content (AvgIpc) is 2.48. The summed E-state index contributed by atoms with van der Waals surface area (Å²) in [5.74, 6) is 0.338. The van der Waals surface area contributed by atoms with E-state index >= 15 is 0 Å². The van der Waals surface area contributed by atoms with Crippen LogP contribution in [0.25, 0.3) is 0 Å². The molecule has 5 nitrogen and oxygen atoms in total. The highest BCUT2D eigenvalue weighted by atomic mass is 35.5. The highest BCUT2D eigenvalue weighted by molar-refractivity contribution is 6.33. The summed E-state index contributed by atoms with van der Waals surface area (Å²) in [6.45, 7) is 0.124. The van der Waals surface area contributed by atoms with Crippen LogP contribution in [0.2, 0.25) is 5.02 Å². The smallest absolute Gasteiger partial charge is 0.243 e. The number of rotatable bonds is 5. The van der Waals surface area contributed by atoms with Gasteiger partial charge < -0.3 is 15.4 Å². The molecule has 2 aromatic rings. The maximum atomic E-state index is 11.8. The largest absolute Gasteiger partial charge is 0.481 e. The summed E-state index contributed by atoms with van der Waals surface area (Å²) in [7, 11) is 1.55. The zero-order chi connectivity index (χ0) is 14.4. The first-order valence-corrected chi connectivity index (χ1v) is 6.35. The molecule has 1 aromatic heterocycles. The van der Waals surface area contributed by atoms with Gasteiger partial charge in [-0.3, -0.25) is 4.79 Å².